The summed E-state index contributed by atoms with van der Waals surface area (Å²) in [4.78, 5) is 19.3. The van der Waals surface area contributed by atoms with Crippen LogP contribution < -0.4 is 4.90 Å². The molecule has 0 bridgehead atoms. The number of nitrogens with zero attached hydrogens (tertiary/aromatic N) is 3. The zero-order chi connectivity index (χ0) is 10.7. The Morgan fingerprint density at radius 1 is 1.57 bits per heavy atom. The van der Waals surface area contributed by atoms with E-state index in [1.165, 1.54) is 11.0 Å². The van der Waals surface area contributed by atoms with Gasteiger partial charge in [0.05, 0.1) is 0 Å². The summed E-state index contributed by atoms with van der Waals surface area (Å²) in [6.45, 7) is -0.177. The summed E-state index contributed by atoms with van der Waals surface area (Å²) < 4.78 is 0. The van der Waals surface area contributed by atoms with E-state index in [0.717, 1.165) is 0 Å². The lowest BCUT2D eigenvalue weighted by Gasteiger charge is -2.15. The number of hydrogen-bond acceptors (Lipinski definition) is 4. The van der Waals surface area contributed by atoms with Crippen LogP contribution in [-0.4, -0.2) is 34.6 Å². The van der Waals surface area contributed by atoms with Gasteiger partial charge >= 0.3 is 5.97 Å². The fourth-order valence-corrected chi connectivity index (χ4v) is 1.26. The summed E-state index contributed by atoms with van der Waals surface area (Å²) in [7, 11) is 1.57. The minimum Gasteiger partial charge on any atom is -0.480 e. The molecule has 14 heavy (non-hydrogen) atoms. The molecule has 0 unspecified atom stereocenters. The predicted molar refractivity (Wildman–Crippen MR) is 53.0 cm³/mol. The average molecular weight is 236 g/mol. The van der Waals surface area contributed by atoms with Crippen molar-refractivity contribution in [3.8, 4) is 0 Å². The minimum atomic E-state index is -0.960. The molecule has 0 spiro atoms. The van der Waals surface area contributed by atoms with Gasteiger partial charge in [0.1, 0.15) is 17.5 Å². The van der Waals surface area contributed by atoms with E-state index in [0.29, 0.717) is 5.82 Å². The lowest BCUT2D eigenvalue weighted by molar-refractivity contribution is -0.135. The van der Waals surface area contributed by atoms with Crippen LogP contribution in [0.5, 0.6) is 0 Å². The van der Waals surface area contributed by atoms with Crippen molar-refractivity contribution in [3.63, 3.8) is 0 Å². The molecule has 1 aromatic rings. The standard InChI is InChI=1S/C7H7Cl2N3O2/c1-12(3-6(13)14)5-2-4(8)10-7(9)11-5/h2H,3H2,1H3,(H,13,14). The zero-order valence-electron chi connectivity index (χ0n) is 7.24. The molecule has 76 valence electrons. The molecule has 0 aliphatic carbocycles. The van der Waals surface area contributed by atoms with E-state index in [4.69, 9.17) is 28.3 Å². The van der Waals surface area contributed by atoms with E-state index >= 15 is 0 Å². The molecule has 0 aromatic carbocycles. The third kappa shape index (κ3) is 3.01. The lowest BCUT2D eigenvalue weighted by Crippen LogP contribution is -2.26. The number of aliphatic carboxylic acids is 1. The van der Waals surface area contributed by atoms with Crippen LogP contribution in [0.3, 0.4) is 0 Å². The molecule has 0 aliphatic heterocycles. The van der Waals surface area contributed by atoms with Gasteiger partial charge in [-0.2, -0.15) is 0 Å². The van der Waals surface area contributed by atoms with Gasteiger partial charge < -0.3 is 10.0 Å². The van der Waals surface area contributed by atoms with Crippen molar-refractivity contribution in [1.29, 1.82) is 0 Å². The highest BCUT2D eigenvalue weighted by Gasteiger charge is 2.09. The van der Waals surface area contributed by atoms with Crippen LogP contribution in [-0.2, 0) is 4.79 Å². The average Bonchev–Trinajstić information content (AvgIpc) is 2.00. The topological polar surface area (TPSA) is 66.3 Å². The molecule has 0 amide bonds. The van der Waals surface area contributed by atoms with Gasteiger partial charge in [0.2, 0.25) is 5.28 Å². The molecule has 0 aliphatic rings. The molecule has 1 heterocycles. The van der Waals surface area contributed by atoms with Crippen molar-refractivity contribution in [2.45, 2.75) is 0 Å². The van der Waals surface area contributed by atoms with E-state index in [9.17, 15) is 4.79 Å². The van der Waals surface area contributed by atoms with Crippen LogP contribution >= 0.6 is 23.2 Å². The van der Waals surface area contributed by atoms with Gasteiger partial charge in [-0.25, -0.2) is 9.97 Å². The van der Waals surface area contributed by atoms with E-state index in [1.807, 2.05) is 0 Å². The van der Waals surface area contributed by atoms with Gasteiger partial charge in [0.15, 0.2) is 0 Å². The molecule has 1 rings (SSSR count). The first kappa shape index (κ1) is 11.0. The van der Waals surface area contributed by atoms with Gasteiger partial charge in [0, 0.05) is 13.1 Å². The Balaban J connectivity index is 2.89. The van der Waals surface area contributed by atoms with Crippen molar-refractivity contribution < 1.29 is 9.90 Å². The quantitative estimate of drug-likeness (QED) is 0.632. The molecule has 1 aromatic heterocycles. The predicted octanol–water partition coefficient (Wildman–Crippen LogP) is 1.30. The molecule has 0 saturated heterocycles. The molecular weight excluding hydrogens is 229 g/mol. The van der Waals surface area contributed by atoms with Crippen LogP contribution in [0.15, 0.2) is 6.07 Å². The molecule has 0 radical (unpaired) electrons. The normalized spacial score (nSPS) is 9.93. The Hall–Kier alpha value is -1.07. The Labute approximate surface area is 90.3 Å². The van der Waals surface area contributed by atoms with Crippen molar-refractivity contribution in [2.75, 3.05) is 18.5 Å². The molecule has 0 atom stereocenters. The van der Waals surface area contributed by atoms with Crippen LogP contribution in [0, 0.1) is 0 Å². The summed E-state index contributed by atoms with van der Waals surface area (Å²) in [5, 5.41) is 8.70. The number of carbonyl (C=O) groups is 1. The molecule has 1 N–H and O–H groups in total. The first-order chi connectivity index (χ1) is 6.49. The highest BCUT2D eigenvalue weighted by molar-refractivity contribution is 6.32. The van der Waals surface area contributed by atoms with Gasteiger partial charge in [-0.15, -0.1) is 0 Å². The Bertz CT molecular complexity index is 339. The minimum absolute atomic E-state index is 0.00950. The Morgan fingerprint density at radius 3 is 2.71 bits per heavy atom. The second-order valence-corrected chi connectivity index (χ2v) is 3.29. The number of rotatable bonds is 3. The van der Waals surface area contributed by atoms with E-state index in [1.54, 1.807) is 7.05 Å². The number of carboxylic acid groups (broad SMARTS) is 1. The summed E-state index contributed by atoms with van der Waals surface area (Å²) in [5.74, 6) is -0.587. The number of likely N-dealkylation sites (N-methyl/N-ethyl adjacent to an activating group) is 1. The maximum atomic E-state index is 10.4. The van der Waals surface area contributed by atoms with E-state index in [2.05, 4.69) is 9.97 Å². The summed E-state index contributed by atoms with van der Waals surface area (Å²) in [6.07, 6.45) is 0. The number of hydrogen-bond donors (Lipinski definition) is 1. The van der Waals surface area contributed by atoms with E-state index < -0.39 is 5.97 Å². The number of aromatic nitrogens is 2. The number of halogens is 2. The fourth-order valence-electron chi connectivity index (χ4n) is 0.858. The molecule has 7 heteroatoms. The molecular formula is C7H7Cl2N3O2. The largest absolute Gasteiger partial charge is 0.480 e. The van der Waals surface area contributed by atoms with Gasteiger partial charge in [-0.1, -0.05) is 11.6 Å². The SMILES string of the molecule is CN(CC(=O)O)c1cc(Cl)nc(Cl)n1. The van der Waals surface area contributed by atoms with Crippen LogP contribution in [0.2, 0.25) is 10.4 Å². The number of carboxylic acids is 1. The molecule has 5 nitrogen and oxygen atoms in total. The summed E-state index contributed by atoms with van der Waals surface area (Å²) in [6, 6.07) is 1.44. The van der Waals surface area contributed by atoms with Crippen LogP contribution in [0.25, 0.3) is 0 Å². The maximum absolute atomic E-state index is 10.4. The van der Waals surface area contributed by atoms with Crippen molar-refractivity contribution >= 4 is 35.0 Å². The third-order valence-electron chi connectivity index (χ3n) is 1.42. The van der Waals surface area contributed by atoms with Crippen LogP contribution in [0.4, 0.5) is 5.82 Å². The molecule has 0 saturated carbocycles. The van der Waals surface area contributed by atoms with Crippen LogP contribution in [0.1, 0.15) is 0 Å². The lowest BCUT2D eigenvalue weighted by atomic mass is 10.5. The Kier molecular flexibility index (Phi) is 3.49. The smallest absolute Gasteiger partial charge is 0.323 e. The summed E-state index contributed by atoms with van der Waals surface area (Å²) in [5.41, 5.74) is 0. The second-order valence-electron chi connectivity index (χ2n) is 2.57. The number of anilines is 1. The second kappa shape index (κ2) is 4.43. The van der Waals surface area contributed by atoms with Gasteiger partial charge in [-0.3, -0.25) is 4.79 Å². The highest BCUT2D eigenvalue weighted by atomic mass is 35.5. The monoisotopic (exact) mass is 235 g/mol. The first-order valence-corrected chi connectivity index (χ1v) is 4.37. The van der Waals surface area contributed by atoms with E-state index in [-0.39, 0.29) is 17.0 Å². The zero-order valence-corrected chi connectivity index (χ0v) is 8.75. The van der Waals surface area contributed by atoms with Crippen molar-refractivity contribution in [2.24, 2.45) is 0 Å². The first-order valence-electron chi connectivity index (χ1n) is 3.62. The van der Waals surface area contributed by atoms with Crippen molar-refractivity contribution in [1.82, 2.24) is 9.97 Å². The van der Waals surface area contributed by atoms with Gasteiger partial charge in [0.25, 0.3) is 0 Å². The van der Waals surface area contributed by atoms with Gasteiger partial charge in [-0.05, 0) is 11.6 Å². The maximum Gasteiger partial charge on any atom is 0.323 e. The summed E-state index contributed by atoms with van der Waals surface area (Å²) >= 11 is 11.2. The fraction of sp³-hybridized carbons (Fsp3) is 0.286. The molecule has 0 fully saturated rings. The Morgan fingerprint density at radius 2 is 2.21 bits per heavy atom. The highest BCUT2D eigenvalue weighted by Crippen LogP contribution is 2.16. The third-order valence-corrected chi connectivity index (χ3v) is 1.78. The van der Waals surface area contributed by atoms with Crippen molar-refractivity contribution in [3.05, 3.63) is 16.5 Å².